The Morgan fingerprint density at radius 3 is 2.33 bits per heavy atom. The molecule has 0 bridgehead atoms. The summed E-state index contributed by atoms with van der Waals surface area (Å²) in [5.41, 5.74) is -1.04. The van der Waals surface area contributed by atoms with Gasteiger partial charge in [0.05, 0.1) is 6.07 Å². The van der Waals surface area contributed by atoms with Crippen LogP contribution in [0.1, 0.15) is 34.1 Å². The minimum atomic E-state index is -3.58. The van der Waals surface area contributed by atoms with Crippen LogP contribution in [0.3, 0.4) is 0 Å². The second-order valence-electron chi connectivity index (χ2n) is 4.15. The fraction of sp³-hybridized carbons (Fsp3) is 0.889. The standard InChI is InChI=1S/C9H19N3O2S/c1-5-9(4,7-10)12-15(13,14)11-6-8(2)3/h8,11-12H,5-6H2,1-4H3. The van der Waals surface area contributed by atoms with Crippen molar-refractivity contribution in [1.82, 2.24) is 9.44 Å². The highest BCUT2D eigenvalue weighted by atomic mass is 32.2. The summed E-state index contributed by atoms with van der Waals surface area (Å²) in [6.45, 7) is 7.49. The van der Waals surface area contributed by atoms with E-state index < -0.39 is 15.7 Å². The number of nitriles is 1. The Bertz CT molecular complexity index is 332. The van der Waals surface area contributed by atoms with Gasteiger partial charge in [-0.15, -0.1) is 0 Å². The van der Waals surface area contributed by atoms with Crippen molar-refractivity contribution in [1.29, 1.82) is 5.26 Å². The molecule has 1 unspecified atom stereocenters. The molecule has 0 amide bonds. The lowest BCUT2D eigenvalue weighted by molar-refractivity contribution is 0.482. The molecule has 6 heteroatoms. The first kappa shape index (κ1) is 14.4. The molecular formula is C9H19N3O2S. The fourth-order valence-electron chi connectivity index (χ4n) is 0.783. The van der Waals surface area contributed by atoms with Crippen LogP contribution in [0, 0.1) is 17.2 Å². The molecule has 0 aromatic rings. The summed E-state index contributed by atoms with van der Waals surface area (Å²) in [5.74, 6) is 0.233. The quantitative estimate of drug-likeness (QED) is 0.710. The highest BCUT2D eigenvalue weighted by Gasteiger charge is 2.27. The zero-order chi connectivity index (χ0) is 12.1. The first-order valence-corrected chi connectivity index (χ1v) is 6.43. The highest BCUT2D eigenvalue weighted by molar-refractivity contribution is 7.87. The maximum absolute atomic E-state index is 11.5. The van der Waals surface area contributed by atoms with Crippen LogP contribution in [0.25, 0.3) is 0 Å². The Hall–Kier alpha value is -0.640. The van der Waals surface area contributed by atoms with E-state index in [1.54, 1.807) is 13.8 Å². The van der Waals surface area contributed by atoms with E-state index in [0.29, 0.717) is 13.0 Å². The number of nitrogens with one attached hydrogen (secondary N) is 2. The minimum absolute atomic E-state index is 0.233. The smallest absolute Gasteiger partial charge is 0.202 e. The van der Waals surface area contributed by atoms with Gasteiger partial charge in [0.2, 0.25) is 0 Å². The summed E-state index contributed by atoms with van der Waals surface area (Å²) >= 11 is 0. The van der Waals surface area contributed by atoms with Crippen LogP contribution in [-0.4, -0.2) is 20.5 Å². The monoisotopic (exact) mass is 233 g/mol. The van der Waals surface area contributed by atoms with Gasteiger partial charge in [-0.2, -0.15) is 18.4 Å². The first-order valence-electron chi connectivity index (χ1n) is 4.94. The number of hydrogen-bond donors (Lipinski definition) is 2. The maximum Gasteiger partial charge on any atom is 0.278 e. The predicted octanol–water partition coefficient (Wildman–Crippen LogP) is 0.759. The van der Waals surface area contributed by atoms with Gasteiger partial charge in [-0.3, -0.25) is 0 Å². The predicted molar refractivity (Wildman–Crippen MR) is 59.2 cm³/mol. The number of rotatable bonds is 6. The topological polar surface area (TPSA) is 82.0 Å². The van der Waals surface area contributed by atoms with Crippen molar-refractivity contribution < 1.29 is 8.42 Å². The molecule has 0 rings (SSSR count). The third-order valence-electron chi connectivity index (χ3n) is 2.00. The Morgan fingerprint density at radius 1 is 1.47 bits per heavy atom. The second kappa shape index (κ2) is 5.45. The van der Waals surface area contributed by atoms with Gasteiger partial charge in [0.15, 0.2) is 0 Å². The van der Waals surface area contributed by atoms with Crippen LogP contribution in [0.15, 0.2) is 0 Å². The lowest BCUT2D eigenvalue weighted by Gasteiger charge is -2.21. The van der Waals surface area contributed by atoms with Gasteiger partial charge < -0.3 is 0 Å². The van der Waals surface area contributed by atoms with Crippen LogP contribution in [0.2, 0.25) is 0 Å². The molecule has 0 aromatic carbocycles. The van der Waals surface area contributed by atoms with Crippen LogP contribution in [0.4, 0.5) is 0 Å². The van der Waals surface area contributed by atoms with Gasteiger partial charge >= 0.3 is 0 Å². The summed E-state index contributed by atoms with van der Waals surface area (Å²) in [6, 6.07) is 1.94. The molecule has 0 saturated heterocycles. The van der Waals surface area contributed by atoms with E-state index in [9.17, 15) is 8.42 Å². The van der Waals surface area contributed by atoms with E-state index in [4.69, 9.17) is 5.26 Å². The van der Waals surface area contributed by atoms with E-state index in [1.807, 2.05) is 19.9 Å². The summed E-state index contributed by atoms with van der Waals surface area (Å²) in [6.07, 6.45) is 0.423. The molecule has 88 valence electrons. The summed E-state index contributed by atoms with van der Waals surface area (Å²) in [4.78, 5) is 0. The summed E-state index contributed by atoms with van der Waals surface area (Å²) < 4.78 is 27.7. The van der Waals surface area contributed by atoms with Gasteiger partial charge in [0.25, 0.3) is 10.2 Å². The molecule has 15 heavy (non-hydrogen) atoms. The van der Waals surface area contributed by atoms with Crippen LogP contribution >= 0.6 is 0 Å². The van der Waals surface area contributed by atoms with Crippen molar-refractivity contribution in [2.45, 2.75) is 39.7 Å². The van der Waals surface area contributed by atoms with Gasteiger partial charge in [-0.1, -0.05) is 20.8 Å². The maximum atomic E-state index is 11.5. The summed E-state index contributed by atoms with van der Waals surface area (Å²) in [5, 5.41) is 8.82. The minimum Gasteiger partial charge on any atom is -0.202 e. The number of hydrogen-bond acceptors (Lipinski definition) is 3. The van der Waals surface area contributed by atoms with Gasteiger partial charge in [0.1, 0.15) is 5.54 Å². The molecule has 0 spiro atoms. The van der Waals surface area contributed by atoms with E-state index in [2.05, 4.69) is 9.44 Å². The largest absolute Gasteiger partial charge is 0.278 e. The van der Waals surface area contributed by atoms with Crippen molar-refractivity contribution in [2.24, 2.45) is 5.92 Å². The Labute approximate surface area is 92.0 Å². The van der Waals surface area contributed by atoms with E-state index >= 15 is 0 Å². The average Bonchev–Trinajstić information content (AvgIpc) is 2.14. The second-order valence-corrected chi connectivity index (χ2v) is 5.64. The third kappa shape index (κ3) is 5.72. The normalized spacial score (nSPS) is 16.0. The lowest BCUT2D eigenvalue weighted by atomic mass is 10.0. The van der Waals surface area contributed by atoms with E-state index in [1.165, 1.54) is 0 Å². The molecule has 0 heterocycles. The van der Waals surface area contributed by atoms with Crippen molar-refractivity contribution in [3.8, 4) is 6.07 Å². The Kier molecular flexibility index (Phi) is 5.21. The van der Waals surface area contributed by atoms with Crippen molar-refractivity contribution in [3.63, 3.8) is 0 Å². The SMILES string of the molecule is CCC(C)(C#N)NS(=O)(=O)NCC(C)C. The molecule has 0 aromatic heterocycles. The molecule has 2 N–H and O–H groups in total. The van der Waals surface area contributed by atoms with E-state index in [-0.39, 0.29) is 5.92 Å². The molecule has 5 nitrogen and oxygen atoms in total. The molecular weight excluding hydrogens is 214 g/mol. The lowest BCUT2D eigenvalue weighted by Crippen LogP contribution is -2.49. The van der Waals surface area contributed by atoms with Gasteiger partial charge in [-0.25, -0.2) is 4.72 Å². The zero-order valence-electron chi connectivity index (χ0n) is 9.66. The van der Waals surface area contributed by atoms with Gasteiger partial charge in [-0.05, 0) is 19.3 Å². The Morgan fingerprint density at radius 2 is 2.00 bits per heavy atom. The molecule has 0 saturated carbocycles. The number of nitrogens with zero attached hydrogens (tertiary/aromatic N) is 1. The molecule has 0 aliphatic carbocycles. The Balaban J connectivity index is 4.45. The highest BCUT2D eigenvalue weighted by Crippen LogP contribution is 2.08. The molecule has 0 radical (unpaired) electrons. The molecule has 0 fully saturated rings. The van der Waals surface area contributed by atoms with Crippen molar-refractivity contribution in [3.05, 3.63) is 0 Å². The molecule has 0 aliphatic rings. The van der Waals surface area contributed by atoms with Crippen LogP contribution in [0.5, 0.6) is 0 Å². The van der Waals surface area contributed by atoms with Crippen molar-refractivity contribution in [2.75, 3.05) is 6.54 Å². The summed E-state index contributed by atoms with van der Waals surface area (Å²) in [7, 11) is -3.58. The zero-order valence-corrected chi connectivity index (χ0v) is 10.5. The molecule has 1 atom stereocenters. The van der Waals surface area contributed by atoms with E-state index in [0.717, 1.165) is 0 Å². The van der Waals surface area contributed by atoms with Crippen LogP contribution < -0.4 is 9.44 Å². The van der Waals surface area contributed by atoms with Crippen LogP contribution in [-0.2, 0) is 10.2 Å². The first-order chi connectivity index (χ1) is 6.74. The van der Waals surface area contributed by atoms with Crippen molar-refractivity contribution >= 4 is 10.2 Å². The van der Waals surface area contributed by atoms with Gasteiger partial charge in [0, 0.05) is 6.54 Å². The molecule has 0 aliphatic heterocycles. The average molecular weight is 233 g/mol. The fourth-order valence-corrected chi connectivity index (χ4v) is 2.19. The third-order valence-corrected chi connectivity index (χ3v) is 3.26.